The van der Waals surface area contributed by atoms with Gasteiger partial charge in [0.25, 0.3) is 5.91 Å². The van der Waals surface area contributed by atoms with Crippen molar-refractivity contribution >= 4 is 11.6 Å². The number of amides is 1. The van der Waals surface area contributed by atoms with Crippen molar-refractivity contribution in [2.45, 2.75) is 19.6 Å². The quantitative estimate of drug-likeness (QED) is 0.797. The molecule has 0 unspecified atom stereocenters. The van der Waals surface area contributed by atoms with Gasteiger partial charge in [-0.1, -0.05) is 6.07 Å². The number of rotatable bonds is 7. The van der Waals surface area contributed by atoms with Crippen molar-refractivity contribution in [2.24, 2.45) is 0 Å². The maximum atomic E-state index is 12.7. The molecule has 1 heterocycles. The molecule has 0 spiro atoms. The molecule has 0 radical (unpaired) electrons. The zero-order valence-corrected chi connectivity index (χ0v) is 14.8. The second-order valence-corrected chi connectivity index (χ2v) is 5.70. The van der Waals surface area contributed by atoms with E-state index in [9.17, 15) is 22.8 Å². The Morgan fingerprint density at radius 1 is 1.26 bits per heavy atom. The summed E-state index contributed by atoms with van der Waals surface area (Å²) in [6.07, 6.45) is -2.92. The van der Waals surface area contributed by atoms with Gasteiger partial charge in [0.2, 0.25) is 5.43 Å². The van der Waals surface area contributed by atoms with Crippen molar-refractivity contribution in [3.63, 3.8) is 0 Å². The standard InChI is InChI=1S/C18H19F3N2O4/c1-12-17(15(24)6-7-23(12)8-9-26-2)27-11-16(25)22-14-5-3-4-13(10-14)18(19,20)21/h3-7,10H,8-9,11H2,1-2H3,(H,22,25). The van der Waals surface area contributed by atoms with Gasteiger partial charge in [0, 0.05) is 31.6 Å². The van der Waals surface area contributed by atoms with Crippen LogP contribution in [-0.4, -0.2) is 30.8 Å². The molecule has 0 atom stereocenters. The number of carbonyl (C=O) groups excluding carboxylic acids is 1. The maximum absolute atomic E-state index is 12.7. The van der Waals surface area contributed by atoms with Crippen LogP contribution in [0.2, 0.25) is 0 Å². The number of hydrogen-bond acceptors (Lipinski definition) is 4. The smallest absolute Gasteiger partial charge is 0.416 e. The van der Waals surface area contributed by atoms with E-state index >= 15 is 0 Å². The van der Waals surface area contributed by atoms with Gasteiger partial charge in [-0.3, -0.25) is 9.59 Å². The average molecular weight is 384 g/mol. The average Bonchev–Trinajstić information content (AvgIpc) is 2.60. The summed E-state index contributed by atoms with van der Waals surface area (Å²) in [6.45, 7) is 2.08. The maximum Gasteiger partial charge on any atom is 0.416 e. The molecule has 1 aromatic carbocycles. The Morgan fingerprint density at radius 3 is 2.67 bits per heavy atom. The molecule has 1 amide bonds. The van der Waals surface area contributed by atoms with Gasteiger partial charge >= 0.3 is 6.18 Å². The molecule has 0 bridgehead atoms. The first kappa shape index (κ1) is 20.5. The minimum atomic E-state index is -4.51. The molecule has 27 heavy (non-hydrogen) atoms. The predicted octanol–water partition coefficient (Wildman–Crippen LogP) is 2.84. The second-order valence-electron chi connectivity index (χ2n) is 5.70. The third-order valence-corrected chi connectivity index (χ3v) is 3.75. The number of nitrogens with one attached hydrogen (secondary N) is 1. The highest BCUT2D eigenvalue weighted by molar-refractivity contribution is 5.91. The van der Waals surface area contributed by atoms with Crippen LogP contribution in [0.25, 0.3) is 0 Å². The van der Waals surface area contributed by atoms with Crippen LogP contribution < -0.4 is 15.5 Å². The van der Waals surface area contributed by atoms with Crippen LogP contribution in [0.3, 0.4) is 0 Å². The number of halogens is 3. The van der Waals surface area contributed by atoms with Crippen molar-refractivity contribution in [1.29, 1.82) is 0 Å². The summed E-state index contributed by atoms with van der Waals surface area (Å²) in [5.41, 5.74) is -0.763. The van der Waals surface area contributed by atoms with Gasteiger partial charge in [-0.15, -0.1) is 0 Å². The zero-order valence-electron chi connectivity index (χ0n) is 14.8. The van der Waals surface area contributed by atoms with Crippen LogP contribution >= 0.6 is 0 Å². The van der Waals surface area contributed by atoms with Crippen molar-refractivity contribution in [3.8, 4) is 5.75 Å². The van der Waals surface area contributed by atoms with Crippen LogP contribution in [0.4, 0.5) is 18.9 Å². The summed E-state index contributed by atoms with van der Waals surface area (Å²) >= 11 is 0. The zero-order chi connectivity index (χ0) is 20.0. The summed E-state index contributed by atoms with van der Waals surface area (Å²) in [4.78, 5) is 23.9. The number of methoxy groups -OCH3 is 1. The monoisotopic (exact) mass is 384 g/mol. The van der Waals surface area contributed by atoms with Crippen molar-refractivity contribution in [1.82, 2.24) is 4.57 Å². The molecule has 1 N–H and O–H groups in total. The number of alkyl halides is 3. The van der Waals surface area contributed by atoms with E-state index in [0.717, 1.165) is 12.1 Å². The first-order chi connectivity index (χ1) is 12.7. The topological polar surface area (TPSA) is 69.6 Å². The van der Waals surface area contributed by atoms with Crippen LogP contribution in [0.1, 0.15) is 11.3 Å². The number of ether oxygens (including phenoxy) is 2. The number of nitrogens with zero attached hydrogens (tertiary/aromatic N) is 1. The molecule has 2 rings (SSSR count). The molecular weight excluding hydrogens is 365 g/mol. The highest BCUT2D eigenvalue weighted by Crippen LogP contribution is 2.30. The second kappa shape index (κ2) is 8.72. The lowest BCUT2D eigenvalue weighted by atomic mass is 10.2. The third-order valence-electron chi connectivity index (χ3n) is 3.75. The van der Waals surface area contributed by atoms with Gasteiger partial charge in [0.05, 0.1) is 17.9 Å². The molecule has 0 aliphatic carbocycles. The Morgan fingerprint density at radius 2 is 2.00 bits per heavy atom. The first-order valence-electron chi connectivity index (χ1n) is 8.01. The van der Waals surface area contributed by atoms with E-state index in [1.54, 1.807) is 24.8 Å². The number of anilines is 1. The molecule has 146 valence electrons. The summed E-state index contributed by atoms with van der Waals surface area (Å²) in [5, 5.41) is 2.32. The van der Waals surface area contributed by atoms with E-state index < -0.39 is 29.7 Å². The number of benzene rings is 1. The number of pyridine rings is 1. The normalized spacial score (nSPS) is 11.3. The van der Waals surface area contributed by atoms with Crippen molar-refractivity contribution in [3.05, 3.63) is 58.0 Å². The van der Waals surface area contributed by atoms with E-state index in [0.29, 0.717) is 18.8 Å². The SMILES string of the molecule is COCCn1ccc(=O)c(OCC(=O)Nc2cccc(C(F)(F)F)c2)c1C. The molecule has 9 heteroatoms. The molecule has 0 saturated carbocycles. The largest absolute Gasteiger partial charge is 0.478 e. The molecular formula is C18H19F3N2O4. The van der Waals surface area contributed by atoms with Crippen molar-refractivity contribution in [2.75, 3.05) is 25.6 Å². The molecule has 0 aliphatic rings. The van der Waals surface area contributed by atoms with Crippen molar-refractivity contribution < 1.29 is 27.4 Å². The minimum absolute atomic E-state index is 0.00722. The van der Waals surface area contributed by atoms with Crippen LogP contribution in [0.15, 0.2) is 41.3 Å². The van der Waals surface area contributed by atoms with Gasteiger partial charge in [0.1, 0.15) is 0 Å². The summed E-state index contributed by atoms with van der Waals surface area (Å²) in [7, 11) is 1.55. The molecule has 1 aromatic heterocycles. The Hall–Kier alpha value is -2.81. The van der Waals surface area contributed by atoms with Gasteiger partial charge in [-0.25, -0.2) is 0 Å². The van der Waals surface area contributed by atoms with E-state index in [2.05, 4.69) is 5.32 Å². The fraction of sp³-hybridized carbons (Fsp3) is 0.333. The lowest BCUT2D eigenvalue weighted by Crippen LogP contribution is -2.24. The summed E-state index contributed by atoms with van der Waals surface area (Å²) in [6, 6.07) is 5.56. The highest BCUT2D eigenvalue weighted by Gasteiger charge is 2.30. The lowest BCUT2D eigenvalue weighted by molar-refractivity contribution is -0.137. The van der Waals surface area contributed by atoms with E-state index in [-0.39, 0.29) is 11.4 Å². The molecule has 0 aliphatic heterocycles. The Kier molecular flexibility index (Phi) is 6.62. The molecule has 0 saturated heterocycles. The van der Waals surface area contributed by atoms with Crippen LogP contribution in [0, 0.1) is 6.92 Å². The predicted molar refractivity (Wildman–Crippen MR) is 92.9 cm³/mol. The van der Waals surface area contributed by atoms with E-state index in [1.807, 2.05) is 0 Å². The Labute approximate surface area is 153 Å². The first-order valence-corrected chi connectivity index (χ1v) is 8.01. The van der Waals surface area contributed by atoms with Crippen LogP contribution in [-0.2, 0) is 22.3 Å². The van der Waals surface area contributed by atoms with Gasteiger partial charge in [0.15, 0.2) is 12.4 Å². The highest BCUT2D eigenvalue weighted by atomic mass is 19.4. The lowest BCUT2D eigenvalue weighted by Gasteiger charge is -2.14. The van der Waals surface area contributed by atoms with E-state index in [1.165, 1.54) is 18.2 Å². The van der Waals surface area contributed by atoms with Gasteiger partial charge in [-0.05, 0) is 25.1 Å². The number of carbonyl (C=O) groups is 1. The third kappa shape index (κ3) is 5.58. The summed E-state index contributed by atoms with van der Waals surface area (Å²) < 4.78 is 50.2. The minimum Gasteiger partial charge on any atom is -0.478 e. The fourth-order valence-corrected chi connectivity index (χ4v) is 2.37. The van der Waals surface area contributed by atoms with Gasteiger partial charge in [-0.2, -0.15) is 13.2 Å². The summed E-state index contributed by atoms with van der Waals surface area (Å²) in [5.74, 6) is -0.673. The Bertz CT molecular complexity index is 862. The number of hydrogen-bond donors (Lipinski definition) is 1. The van der Waals surface area contributed by atoms with Gasteiger partial charge < -0.3 is 19.4 Å². The van der Waals surface area contributed by atoms with E-state index in [4.69, 9.17) is 9.47 Å². The fourth-order valence-electron chi connectivity index (χ4n) is 2.37. The molecule has 6 nitrogen and oxygen atoms in total. The number of aromatic nitrogens is 1. The molecule has 2 aromatic rings. The van der Waals surface area contributed by atoms with Crippen LogP contribution in [0.5, 0.6) is 5.75 Å². The Balaban J connectivity index is 2.05. The molecule has 0 fully saturated rings.